The molecule has 2 aromatic rings. The number of rotatable bonds is 2. The van der Waals surface area contributed by atoms with E-state index >= 15 is 0 Å². The van der Waals surface area contributed by atoms with Crippen LogP contribution in [0, 0.1) is 12.3 Å². The van der Waals surface area contributed by atoms with E-state index in [1.165, 1.54) is 4.57 Å². The van der Waals surface area contributed by atoms with Gasteiger partial charge in [-0.2, -0.15) is 0 Å². The Morgan fingerprint density at radius 3 is 2.46 bits per heavy atom. The maximum atomic E-state index is 12.7. The molecule has 1 aliphatic rings. The van der Waals surface area contributed by atoms with Gasteiger partial charge < -0.3 is 4.90 Å². The number of hydrogen-bond donors (Lipinski definition) is 0. The van der Waals surface area contributed by atoms with E-state index in [4.69, 9.17) is 23.2 Å². The van der Waals surface area contributed by atoms with Crippen molar-refractivity contribution in [3.05, 3.63) is 50.5 Å². The topological polar surface area (TPSA) is 38.1 Å². The molecule has 0 saturated carbocycles. The largest absolute Gasteiger partial charge is 0.356 e. The van der Waals surface area contributed by atoms with Crippen molar-refractivity contribution in [1.82, 2.24) is 9.55 Å². The summed E-state index contributed by atoms with van der Waals surface area (Å²) in [7, 11) is 0. The summed E-state index contributed by atoms with van der Waals surface area (Å²) in [5, 5.41) is 0.779. The van der Waals surface area contributed by atoms with Crippen LogP contribution in [0.25, 0.3) is 5.69 Å². The molecule has 1 aliphatic heterocycles. The van der Waals surface area contributed by atoms with Gasteiger partial charge in [0, 0.05) is 19.2 Å². The second-order valence-electron chi connectivity index (χ2n) is 7.06. The number of aryl methyl sites for hydroxylation is 1. The monoisotopic (exact) mass is 365 g/mol. The van der Waals surface area contributed by atoms with E-state index in [0.717, 1.165) is 31.7 Å². The summed E-state index contributed by atoms with van der Waals surface area (Å²) in [5.74, 6) is 1.34. The molecule has 0 unspecified atom stereocenters. The Kier molecular flexibility index (Phi) is 4.63. The van der Waals surface area contributed by atoms with Gasteiger partial charge in [0.2, 0.25) is 0 Å². The fraction of sp³-hybridized carbons (Fsp3) is 0.444. The van der Waals surface area contributed by atoms with Gasteiger partial charge in [-0.25, -0.2) is 4.98 Å². The highest BCUT2D eigenvalue weighted by molar-refractivity contribution is 6.43. The highest BCUT2D eigenvalue weighted by Gasteiger charge is 2.26. The third-order valence-corrected chi connectivity index (χ3v) is 5.49. The molecule has 6 heteroatoms. The molecular weight excluding hydrogens is 345 g/mol. The lowest BCUT2D eigenvalue weighted by molar-refractivity contribution is 0.279. The predicted molar refractivity (Wildman–Crippen MR) is 99.8 cm³/mol. The molecule has 1 aromatic carbocycles. The van der Waals surface area contributed by atoms with Crippen molar-refractivity contribution >= 4 is 29.0 Å². The van der Waals surface area contributed by atoms with Gasteiger partial charge >= 0.3 is 0 Å². The lowest BCUT2D eigenvalue weighted by atomic mass is 9.83. The summed E-state index contributed by atoms with van der Waals surface area (Å²) in [6.07, 6.45) is 2.19. The van der Waals surface area contributed by atoms with Crippen LogP contribution in [0.5, 0.6) is 0 Å². The van der Waals surface area contributed by atoms with Crippen molar-refractivity contribution in [2.24, 2.45) is 5.41 Å². The average Bonchev–Trinajstić information content (AvgIpc) is 2.50. The molecule has 1 fully saturated rings. The minimum Gasteiger partial charge on any atom is -0.356 e. The maximum Gasteiger partial charge on any atom is 0.260 e. The quantitative estimate of drug-likeness (QED) is 0.787. The lowest BCUT2D eigenvalue weighted by Gasteiger charge is -2.37. The van der Waals surface area contributed by atoms with Crippen molar-refractivity contribution in [1.29, 1.82) is 0 Å². The Morgan fingerprint density at radius 2 is 1.83 bits per heavy atom. The summed E-state index contributed by atoms with van der Waals surface area (Å²) in [6.45, 7) is 8.21. The Balaban J connectivity index is 1.98. The number of hydrogen-bond acceptors (Lipinski definition) is 3. The lowest BCUT2D eigenvalue weighted by Crippen LogP contribution is -2.39. The third-order valence-electron chi connectivity index (χ3n) is 4.69. The maximum absolute atomic E-state index is 12.7. The van der Waals surface area contributed by atoms with Gasteiger partial charge in [-0.05, 0) is 37.3 Å². The minimum absolute atomic E-state index is 0.147. The van der Waals surface area contributed by atoms with Crippen LogP contribution < -0.4 is 10.5 Å². The van der Waals surface area contributed by atoms with E-state index in [9.17, 15) is 4.79 Å². The van der Waals surface area contributed by atoms with Gasteiger partial charge in [0.05, 0.1) is 15.7 Å². The number of aromatic nitrogens is 2. The molecule has 0 amide bonds. The van der Waals surface area contributed by atoms with E-state index in [0.29, 0.717) is 27.0 Å². The molecule has 0 N–H and O–H groups in total. The molecule has 4 nitrogen and oxygen atoms in total. The Labute approximate surface area is 152 Å². The van der Waals surface area contributed by atoms with Crippen molar-refractivity contribution in [3.8, 4) is 5.69 Å². The normalized spacial score (nSPS) is 17.1. The molecular formula is C18H21Cl2N3O. The number of benzene rings is 1. The van der Waals surface area contributed by atoms with E-state index < -0.39 is 0 Å². The van der Waals surface area contributed by atoms with E-state index in [1.54, 1.807) is 24.3 Å². The Hall–Kier alpha value is -1.52. The first kappa shape index (κ1) is 17.3. The summed E-state index contributed by atoms with van der Waals surface area (Å²) < 4.78 is 1.51. The molecule has 0 aliphatic carbocycles. The van der Waals surface area contributed by atoms with Crippen LogP contribution in [0.2, 0.25) is 10.0 Å². The predicted octanol–water partition coefficient (Wildman–Crippen LogP) is 4.47. The molecule has 0 atom stereocenters. The number of nitrogens with zero attached hydrogens (tertiary/aromatic N) is 3. The highest BCUT2D eigenvalue weighted by Crippen LogP contribution is 2.32. The molecule has 0 radical (unpaired) electrons. The van der Waals surface area contributed by atoms with Crippen molar-refractivity contribution < 1.29 is 0 Å². The zero-order valence-electron chi connectivity index (χ0n) is 14.1. The number of halogens is 2. The van der Waals surface area contributed by atoms with Gasteiger partial charge in [-0.1, -0.05) is 43.1 Å². The SMILES string of the molecule is Cc1nc(N2CCC(C)(C)CC2)cc(=O)n1-c1cccc(Cl)c1Cl. The summed E-state index contributed by atoms with van der Waals surface area (Å²) in [4.78, 5) is 19.5. The highest BCUT2D eigenvalue weighted by atomic mass is 35.5. The third kappa shape index (κ3) is 3.31. The van der Waals surface area contributed by atoms with Crippen LogP contribution in [0.4, 0.5) is 5.82 Å². The van der Waals surface area contributed by atoms with Crippen molar-refractivity contribution in [3.63, 3.8) is 0 Å². The average molecular weight is 366 g/mol. The zero-order valence-corrected chi connectivity index (χ0v) is 15.7. The second-order valence-corrected chi connectivity index (χ2v) is 7.84. The Bertz CT molecular complexity index is 819. The molecule has 2 heterocycles. The first-order valence-electron chi connectivity index (χ1n) is 8.08. The fourth-order valence-electron chi connectivity index (χ4n) is 3.04. The summed E-state index contributed by atoms with van der Waals surface area (Å²) in [6, 6.07) is 6.83. The van der Waals surface area contributed by atoms with Crippen LogP contribution >= 0.6 is 23.2 Å². The van der Waals surface area contributed by atoms with E-state index in [2.05, 4.69) is 23.7 Å². The van der Waals surface area contributed by atoms with Crippen molar-refractivity contribution in [2.45, 2.75) is 33.6 Å². The molecule has 24 heavy (non-hydrogen) atoms. The summed E-state index contributed by atoms with van der Waals surface area (Å²) in [5.41, 5.74) is 0.770. The second kappa shape index (κ2) is 6.41. The van der Waals surface area contributed by atoms with E-state index in [-0.39, 0.29) is 5.56 Å². The standard InChI is InChI=1S/C18H21Cl2N3O/c1-12-21-15(22-9-7-18(2,3)8-10-22)11-16(24)23(12)14-6-4-5-13(19)17(14)20/h4-6,11H,7-10H2,1-3H3. The Morgan fingerprint density at radius 1 is 1.17 bits per heavy atom. The number of piperidine rings is 1. The van der Waals surface area contributed by atoms with Crippen LogP contribution in [0.15, 0.2) is 29.1 Å². The van der Waals surface area contributed by atoms with Gasteiger partial charge in [0.25, 0.3) is 5.56 Å². The number of anilines is 1. The van der Waals surface area contributed by atoms with Crippen LogP contribution in [0.3, 0.4) is 0 Å². The van der Waals surface area contributed by atoms with Gasteiger partial charge in [-0.3, -0.25) is 9.36 Å². The molecule has 0 bridgehead atoms. The van der Waals surface area contributed by atoms with Crippen molar-refractivity contribution in [2.75, 3.05) is 18.0 Å². The fourth-order valence-corrected chi connectivity index (χ4v) is 3.42. The molecule has 1 saturated heterocycles. The van der Waals surface area contributed by atoms with Gasteiger partial charge in [-0.15, -0.1) is 0 Å². The van der Waals surface area contributed by atoms with Gasteiger partial charge in [0.1, 0.15) is 11.6 Å². The van der Waals surface area contributed by atoms with Crippen LogP contribution in [-0.2, 0) is 0 Å². The smallest absolute Gasteiger partial charge is 0.260 e. The first-order valence-corrected chi connectivity index (χ1v) is 8.84. The first-order chi connectivity index (χ1) is 11.3. The van der Waals surface area contributed by atoms with E-state index in [1.807, 2.05) is 6.92 Å². The van der Waals surface area contributed by atoms with Gasteiger partial charge in [0.15, 0.2) is 0 Å². The summed E-state index contributed by atoms with van der Waals surface area (Å²) >= 11 is 12.3. The molecule has 128 valence electrons. The molecule has 1 aromatic heterocycles. The van der Waals surface area contributed by atoms with Crippen LogP contribution in [-0.4, -0.2) is 22.6 Å². The molecule has 0 spiro atoms. The molecule has 3 rings (SSSR count). The zero-order chi connectivity index (χ0) is 17.5. The minimum atomic E-state index is -0.147. The van der Waals surface area contributed by atoms with Crippen LogP contribution in [0.1, 0.15) is 32.5 Å².